The molecule has 0 heterocycles. The molecule has 0 saturated carbocycles. The van der Waals surface area contributed by atoms with Gasteiger partial charge in [-0.1, -0.05) is 12.1 Å². The van der Waals surface area contributed by atoms with Crippen LogP contribution in [-0.4, -0.2) is 45.5 Å². The van der Waals surface area contributed by atoms with Gasteiger partial charge in [0.15, 0.2) is 12.6 Å². The molecular formula is C15H23F3IN3O2. The van der Waals surface area contributed by atoms with Crippen LogP contribution in [0.15, 0.2) is 29.3 Å². The number of hydrogen-bond acceptors (Lipinski definition) is 3. The number of benzene rings is 1. The SMILES string of the molecule is CCNC(=NCc1cccc(OCC(F)(F)F)c1)NCCOC.I. The number of halogens is 4. The van der Waals surface area contributed by atoms with Crippen LogP contribution in [0.2, 0.25) is 0 Å². The third-order valence-corrected chi connectivity index (χ3v) is 2.66. The summed E-state index contributed by atoms with van der Waals surface area (Å²) in [5.74, 6) is 0.790. The number of nitrogens with zero attached hydrogens (tertiary/aromatic N) is 1. The van der Waals surface area contributed by atoms with Crippen molar-refractivity contribution in [2.24, 2.45) is 4.99 Å². The first-order chi connectivity index (χ1) is 10.9. The van der Waals surface area contributed by atoms with Gasteiger partial charge in [-0.3, -0.25) is 0 Å². The van der Waals surface area contributed by atoms with E-state index in [0.717, 1.165) is 5.56 Å². The van der Waals surface area contributed by atoms with Crippen LogP contribution in [-0.2, 0) is 11.3 Å². The summed E-state index contributed by atoms with van der Waals surface area (Å²) >= 11 is 0. The van der Waals surface area contributed by atoms with E-state index >= 15 is 0 Å². The lowest BCUT2D eigenvalue weighted by Gasteiger charge is -2.11. The normalized spacial score (nSPS) is 11.6. The number of rotatable bonds is 8. The molecule has 9 heteroatoms. The molecule has 0 fully saturated rings. The van der Waals surface area contributed by atoms with Crippen LogP contribution in [0.1, 0.15) is 12.5 Å². The first-order valence-corrected chi connectivity index (χ1v) is 7.24. The van der Waals surface area contributed by atoms with Gasteiger partial charge in [0.25, 0.3) is 0 Å². The third kappa shape index (κ3) is 10.5. The van der Waals surface area contributed by atoms with Gasteiger partial charge in [-0.25, -0.2) is 4.99 Å². The molecule has 1 rings (SSSR count). The van der Waals surface area contributed by atoms with Crippen molar-refractivity contribution in [2.75, 3.05) is 33.4 Å². The highest BCUT2D eigenvalue weighted by molar-refractivity contribution is 14.0. The Morgan fingerprint density at radius 3 is 2.62 bits per heavy atom. The fourth-order valence-corrected chi connectivity index (χ4v) is 1.68. The molecule has 1 aromatic rings. The van der Waals surface area contributed by atoms with Gasteiger partial charge in [-0.2, -0.15) is 13.2 Å². The number of nitrogens with one attached hydrogen (secondary N) is 2. The zero-order valence-corrected chi connectivity index (χ0v) is 16.0. The highest BCUT2D eigenvalue weighted by Crippen LogP contribution is 2.19. The Kier molecular flexibility index (Phi) is 11.6. The molecule has 2 N–H and O–H groups in total. The molecule has 0 spiro atoms. The van der Waals surface area contributed by atoms with Gasteiger partial charge in [0.1, 0.15) is 5.75 Å². The zero-order valence-electron chi connectivity index (χ0n) is 13.7. The fraction of sp³-hybridized carbons (Fsp3) is 0.533. The fourth-order valence-electron chi connectivity index (χ4n) is 1.68. The van der Waals surface area contributed by atoms with Crippen LogP contribution in [0.5, 0.6) is 5.75 Å². The summed E-state index contributed by atoms with van der Waals surface area (Å²) in [6.07, 6.45) is -4.35. The van der Waals surface area contributed by atoms with E-state index in [2.05, 4.69) is 15.6 Å². The predicted octanol–water partition coefficient (Wildman–Crippen LogP) is 2.95. The quantitative estimate of drug-likeness (QED) is 0.271. The molecular weight excluding hydrogens is 438 g/mol. The average molecular weight is 461 g/mol. The molecule has 0 radical (unpaired) electrons. The van der Waals surface area contributed by atoms with E-state index in [0.29, 0.717) is 32.2 Å². The number of hydrogen-bond donors (Lipinski definition) is 2. The molecule has 0 bridgehead atoms. The van der Waals surface area contributed by atoms with Crippen molar-refractivity contribution in [1.29, 1.82) is 0 Å². The summed E-state index contributed by atoms with van der Waals surface area (Å²) in [5.41, 5.74) is 0.758. The molecule has 0 atom stereocenters. The van der Waals surface area contributed by atoms with Crippen molar-refractivity contribution < 1.29 is 22.6 Å². The van der Waals surface area contributed by atoms with Gasteiger partial charge in [0.2, 0.25) is 0 Å². The van der Waals surface area contributed by atoms with E-state index in [1.165, 1.54) is 6.07 Å². The summed E-state index contributed by atoms with van der Waals surface area (Å²) in [5, 5.41) is 6.16. The Labute approximate surface area is 157 Å². The Bertz CT molecular complexity index is 499. The second-order valence-electron chi connectivity index (χ2n) is 4.67. The molecule has 1 aromatic carbocycles. The maximum atomic E-state index is 12.2. The number of alkyl halides is 3. The molecule has 138 valence electrons. The monoisotopic (exact) mass is 461 g/mol. The lowest BCUT2D eigenvalue weighted by atomic mass is 10.2. The van der Waals surface area contributed by atoms with E-state index in [1.54, 1.807) is 25.3 Å². The summed E-state index contributed by atoms with van der Waals surface area (Å²) in [6.45, 7) is 2.82. The third-order valence-electron chi connectivity index (χ3n) is 2.66. The van der Waals surface area contributed by atoms with Crippen molar-refractivity contribution >= 4 is 29.9 Å². The van der Waals surface area contributed by atoms with Crippen LogP contribution < -0.4 is 15.4 Å². The molecule has 0 aliphatic rings. The Balaban J connectivity index is 0.00000529. The van der Waals surface area contributed by atoms with Gasteiger partial charge in [-0.05, 0) is 24.6 Å². The van der Waals surface area contributed by atoms with Crippen molar-refractivity contribution in [3.63, 3.8) is 0 Å². The van der Waals surface area contributed by atoms with Crippen LogP contribution in [0.3, 0.4) is 0 Å². The van der Waals surface area contributed by atoms with E-state index in [-0.39, 0.29) is 29.7 Å². The zero-order chi connectivity index (χ0) is 17.1. The van der Waals surface area contributed by atoms with Crippen molar-refractivity contribution in [3.05, 3.63) is 29.8 Å². The van der Waals surface area contributed by atoms with E-state index in [1.807, 2.05) is 6.92 Å². The minimum Gasteiger partial charge on any atom is -0.484 e. The molecule has 0 unspecified atom stereocenters. The maximum absolute atomic E-state index is 12.2. The Morgan fingerprint density at radius 2 is 2.00 bits per heavy atom. The second-order valence-corrected chi connectivity index (χ2v) is 4.67. The number of ether oxygens (including phenoxy) is 2. The largest absolute Gasteiger partial charge is 0.484 e. The smallest absolute Gasteiger partial charge is 0.422 e. The summed E-state index contributed by atoms with van der Waals surface area (Å²) in [6, 6.07) is 6.46. The Hall–Kier alpha value is -1.23. The highest BCUT2D eigenvalue weighted by Gasteiger charge is 2.28. The van der Waals surface area contributed by atoms with Crippen molar-refractivity contribution in [3.8, 4) is 5.75 Å². The van der Waals surface area contributed by atoms with Gasteiger partial charge < -0.3 is 20.1 Å². The summed E-state index contributed by atoms with van der Waals surface area (Å²) in [4.78, 5) is 4.37. The minimum atomic E-state index is -4.35. The van der Waals surface area contributed by atoms with Crippen molar-refractivity contribution in [1.82, 2.24) is 10.6 Å². The minimum absolute atomic E-state index is 0. The predicted molar refractivity (Wildman–Crippen MR) is 98.1 cm³/mol. The van der Waals surface area contributed by atoms with Crippen LogP contribution in [0, 0.1) is 0 Å². The second kappa shape index (κ2) is 12.2. The number of aliphatic imine (C=N–C) groups is 1. The van der Waals surface area contributed by atoms with Gasteiger partial charge in [-0.15, -0.1) is 24.0 Å². The average Bonchev–Trinajstić information content (AvgIpc) is 2.50. The topological polar surface area (TPSA) is 54.9 Å². The number of methoxy groups -OCH3 is 1. The lowest BCUT2D eigenvalue weighted by Crippen LogP contribution is -2.38. The van der Waals surface area contributed by atoms with Crippen LogP contribution in [0.25, 0.3) is 0 Å². The molecule has 5 nitrogen and oxygen atoms in total. The molecule has 0 amide bonds. The van der Waals surface area contributed by atoms with E-state index in [4.69, 9.17) is 9.47 Å². The standard InChI is InChI=1S/C15H22F3N3O2.HI/c1-3-19-14(20-7-8-22-2)21-10-12-5-4-6-13(9-12)23-11-15(16,17)18;/h4-6,9H,3,7-8,10-11H2,1-2H3,(H2,19,20,21);1H. The van der Waals surface area contributed by atoms with Gasteiger partial charge in [0, 0.05) is 20.2 Å². The molecule has 0 aliphatic carbocycles. The van der Waals surface area contributed by atoms with Crippen LogP contribution in [0.4, 0.5) is 13.2 Å². The maximum Gasteiger partial charge on any atom is 0.422 e. The summed E-state index contributed by atoms with van der Waals surface area (Å²) in [7, 11) is 1.61. The first kappa shape index (κ1) is 22.8. The highest BCUT2D eigenvalue weighted by atomic mass is 127. The Morgan fingerprint density at radius 1 is 1.25 bits per heavy atom. The number of guanidine groups is 1. The van der Waals surface area contributed by atoms with Gasteiger partial charge in [0.05, 0.1) is 13.2 Å². The van der Waals surface area contributed by atoms with Crippen LogP contribution >= 0.6 is 24.0 Å². The lowest BCUT2D eigenvalue weighted by molar-refractivity contribution is -0.153. The van der Waals surface area contributed by atoms with E-state index in [9.17, 15) is 13.2 Å². The summed E-state index contributed by atoms with van der Waals surface area (Å²) < 4.78 is 46.1. The molecule has 0 aromatic heterocycles. The van der Waals surface area contributed by atoms with Gasteiger partial charge >= 0.3 is 6.18 Å². The molecule has 0 saturated heterocycles. The molecule has 0 aliphatic heterocycles. The molecule has 24 heavy (non-hydrogen) atoms. The van der Waals surface area contributed by atoms with E-state index < -0.39 is 12.8 Å². The first-order valence-electron chi connectivity index (χ1n) is 7.24. The van der Waals surface area contributed by atoms with Crippen molar-refractivity contribution in [2.45, 2.75) is 19.6 Å².